The monoisotopic (exact) mass is 519 g/mol. The molecule has 8 heteroatoms. The molecule has 0 saturated carbocycles. The Morgan fingerprint density at radius 3 is 2.58 bits per heavy atom. The Kier molecular flexibility index (Phi) is 7.08. The zero-order chi connectivity index (χ0) is 26.1. The van der Waals surface area contributed by atoms with Crippen LogP contribution < -0.4 is 19.7 Å². The Hall–Kier alpha value is -3.36. The van der Waals surface area contributed by atoms with E-state index < -0.39 is 12.1 Å². The van der Waals surface area contributed by atoms with Crippen molar-refractivity contribution in [3.05, 3.63) is 66.0 Å². The van der Waals surface area contributed by atoms with Crippen LogP contribution >= 0.6 is 0 Å². The molecule has 0 spiro atoms. The fourth-order valence-corrected chi connectivity index (χ4v) is 5.85. The lowest BCUT2D eigenvalue weighted by atomic mass is 9.99. The number of aliphatic hydroxyl groups is 1. The first kappa shape index (κ1) is 24.9. The molecule has 38 heavy (non-hydrogen) atoms. The first-order chi connectivity index (χ1) is 18.5. The second-order valence-electron chi connectivity index (χ2n) is 10.6. The van der Waals surface area contributed by atoms with Crippen molar-refractivity contribution < 1.29 is 23.8 Å². The first-order valence-corrected chi connectivity index (χ1v) is 13.6. The van der Waals surface area contributed by atoms with E-state index in [-0.39, 0.29) is 17.6 Å². The maximum atomic E-state index is 13.6. The number of carbonyl (C=O) groups excluding carboxylic acids is 1. The summed E-state index contributed by atoms with van der Waals surface area (Å²) in [5, 5.41) is 16.4. The van der Waals surface area contributed by atoms with Gasteiger partial charge in [0.1, 0.15) is 25.1 Å². The van der Waals surface area contributed by atoms with Gasteiger partial charge in [-0.2, -0.15) is 0 Å². The zero-order valence-corrected chi connectivity index (χ0v) is 21.4. The van der Waals surface area contributed by atoms with Crippen molar-refractivity contribution in [2.75, 3.05) is 50.8 Å². The van der Waals surface area contributed by atoms with Crippen LogP contribution in [0.5, 0.6) is 11.5 Å². The van der Waals surface area contributed by atoms with E-state index >= 15 is 0 Å². The van der Waals surface area contributed by atoms with E-state index in [1.54, 1.807) is 6.07 Å². The summed E-state index contributed by atoms with van der Waals surface area (Å²) in [6, 6.07) is 15.8. The Morgan fingerprint density at radius 2 is 1.74 bits per heavy atom. The Labute approximate surface area is 222 Å². The Morgan fingerprint density at radius 1 is 0.974 bits per heavy atom. The van der Waals surface area contributed by atoms with Crippen LogP contribution in [0.2, 0.25) is 0 Å². The fourth-order valence-electron chi connectivity index (χ4n) is 5.85. The van der Waals surface area contributed by atoms with Crippen LogP contribution in [-0.2, 0) is 4.79 Å². The number of anilines is 1. The standard InChI is InChI=1S/C30H34FN3O4/c31-24-6-3-21-16-25(7-4-20(21)15-24)34-12-9-23(18-34)30(36)32-26(19-33-10-1-2-11-33)29(35)22-5-8-27-28(17-22)38-14-13-37-27/h3-8,15-17,23,26,29,35H,1-2,9-14,18-19H2,(H,32,36)/t23-,26-,29-/m1/s1. The Balaban J connectivity index is 1.15. The third-order valence-electron chi connectivity index (χ3n) is 7.98. The molecule has 3 atom stereocenters. The largest absolute Gasteiger partial charge is 0.486 e. The predicted octanol–water partition coefficient (Wildman–Crippen LogP) is 3.89. The summed E-state index contributed by atoms with van der Waals surface area (Å²) in [6.45, 7) is 4.92. The normalized spacial score (nSPS) is 21.0. The topological polar surface area (TPSA) is 74.3 Å². The quantitative estimate of drug-likeness (QED) is 0.494. The Bertz CT molecular complexity index is 1310. The van der Waals surface area contributed by atoms with Gasteiger partial charge in [0.05, 0.1) is 12.0 Å². The number of nitrogens with zero attached hydrogens (tertiary/aromatic N) is 2. The molecule has 3 heterocycles. The van der Waals surface area contributed by atoms with Crippen LogP contribution in [-0.4, -0.2) is 67.9 Å². The molecule has 200 valence electrons. The van der Waals surface area contributed by atoms with Crippen molar-refractivity contribution in [1.82, 2.24) is 10.2 Å². The van der Waals surface area contributed by atoms with E-state index in [2.05, 4.69) is 21.2 Å². The number of hydrogen-bond donors (Lipinski definition) is 2. The van der Waals surface area contributed by atoms with Gasteiger partial charge in [-0.1, -0.05) is 18.2 Å². The number of ether oxygens (including phenoxy) is 2. The molecule has 0 radical (unpaired) electrons. The molecule has 2 N–H and O–H groups in total. The number of halogens is 1. The highest BCUT2D eigenvalue weighted by atomic mass is 19.1. The van der Waals surface area contributed by atoms with Crippen molar-refractivity contribution in [2.45, 2.75) is 31.4 Å². The van der Waals surface area contributed by atoms with E-state index in [0.717, 1.165) is 55.4 Å². The lowest BCUT2D eigenvalue weighted by Crippen LogP contribution is -2.48. The minimum atomic E-state index is -0.867. The van der Waals surface area contributed by atoms with Crippen molar-refractivity contribution in [3.63, 3.8) is 0 Å². The van der Waals surface area contributed by atoms with Gasteiger partial charge in [0.2, 0.25) is 5.91 Å². The number of nitrogens with one attached hydrogen (secondary N) is 1. The van der Waals surface area contributed by atoms with Gasteiger partial charge in [0.15, 0.2) is 11.5 Å². The molecule has 0 bridgehead atoms. The summed E-state index contributed by atoms with van der Waals surface area (Å²) >= 11 is 0. The van der Waals surface area contributed by atoms with Gasteiger partial charge in [-0.15, -0.1) is 0 Å². The highest BCUT2D eigenvalue weighted by Crippen LogP contribution is 2.34. The first-order valence-electron chi connectivity index (χ1n) is 13.6. The highest BCUT2D eigenvalue weighted by molar-refractivity contribution is 5.86. The number of rotatable bonds is 7. The number of carbonyl (C=O) groups is 1. The molecule has 0 unspecified atom stereocenters. The van der Waals surface area contributed by atoms with Crippen LogP contribution in [0.1, 0.15) is 30.9 Å². The van der Waals surface area contributed by atoms with Crippen LogP contribution in [0.4, 0.5) is 10.1 Å². The molecular formula is C30H34FN3O4. The number of aliphatic hydroxyl groups excluding tert-OH is 1. The highest BCUT2D eigenvalue weighted by Gasteiger charge is 2.33. The smallest absolute Gasteiger partial charge is 0.225 e. The second kappa shape index (κ2) is 10.8. The van der Waals surface area contributed by atoms with Gasteiger partial charge in [-0.25, -0.2) is 4.39 Å². The molecule has 7 nitrogen and oxygen atoms in total. The second-order valence-corrected chi connectivity index (χ2v) is 10.6. The molecule has 2 fully saturated rings. The van der Waals surface area contributed by atoms with Crippen LogP contribution in [0.25, 0.3) is 10.8 Å². The zero-order valence-electron chi connectivity index (χ0n) is 21.4. The average molecular weight is 520 g/mol. The SMILES string of the molecule is O=C(N[C@H](CN1CCCC1)[C@H](O)c1ccc2c(c1)OCCO2)[C@@H]1CCN(c2ccc3cc(F)ccc3c2)C1. The van der Waals surface area contributed by atoms with Gasteiger partial charge in [0.25, 0.3) is 0 Å². The molecule has 0 aromatic heterocycles. The number of fused-ring (bicyclic) bond motifs is 2. The maximum Gasteiger partial charge on any atom is 0.225 e. The number of amides is 1. The van der Waals surface area contributed by atoms with E-state index in [0.29, 0.717) is 43.4 Å². The minimum Gasteiger partial charge on any atom is -0.486 e. The molecule has 3 aliphatic rings. The van der Waals surface area contributed by atoms with Crippen molar-refractivity contribution in [1.29, 1.82) is 0 Å². The third-order valence-corrected chi connectivity index (χ3v) is 7.98. The van der Waals surface area contributed by atoms with Gasteiger partial charge in [-0.3, -0.25) is 4.79 Å². The number of benzene rings is 3. The molecule has 2 saturated heterocycles. The summed E-state index contributed by atoms with van der Waals surface area (Å²) in [5.41, 5.74) is 1.74. The van der Waals surface area contributed by atoms with Crippen LogP contribution in [0.15, 0.2) is 54.6 Å². The number of likely N-dealkylation sites (tertiary alicyclic amines) is 1. The summed E-state index contributed by atoms with van der Waals surface area (Å²) in [4.78, 5) is 18.0. The summed E-state index contributed by atoms with van der Waals surface area (Å²) in [6.07, 6.45) is 2.14. The summed E-state index contributed by atoms with van der Waals surface area (Å²) in [7, 11) is 0. The molecule has 3 aromatic carbocycles. The van der Waals surface area contributed by atoms with Gasteiger partial charge < -0.3 is 29.7 Å². The lowest BCUT2D eigenvalue weighted by Gasteiger charge is -2.30. The molecule has 0 aliphatic carbocycles. The lowest BCUT2D eigenvalue weighted by molar-refractivity contribution is -0.126. The number of hydrogen-bond acceptors (Lipinski definition) is 6. The molecule has 1 amide bonds. The van der Waals surface area contributed by atoms with E-state index in [1.165, 1.54) is 12.1 Å². The molecule has 3 aromatic rings. The van der Waals surface area contributed by atoms with Gasteiger partial charge >= 0.3 is 0 Å². The van der Waals surface area contributed by atoms with Gasteiger partial charge in [-0.05, 0) is 85.1 Å². The van der Waals surface area contributed by atoms with Crippen LogP contribution in [0, 0.1) is 11.7 Å². The van der Waals surface area contributed by atoms with E-state index in [1.807, 2.05) is 30.3 Å². The van der Waals surface area contributed by atoms with E-state index in [9.17, 15) is 14.3 Å². The van der Waals surface area contributed by atoms with Crippen molar-refractivity contribution >= 4 is 22.4 Å². The van der Waals surface area contributed by atoms with Crippen molar-refractivity contribution in [2.24, 2.45) is 5.92 Å². The van der Waals surface area contributed by atoms with Crippen molar-refractivity contribution in [3.8, 4) is 11.5 Å². The van der Waals surface area contributed by atoms with E-state index in [4.69, 9.17) is 9.47 Å². The maximum absolute atomic E-state index is 13.6. The average Bonchev–Trinajstić information content (AvgIpc) is 3.64. The fraction of sp³-hybridized carbons (Fsp3) is 0.433. The summed E-state index contributed by atoms with van der Waals surface area (Å²) < 4.78 is 24.9. The van der Waals surface area contributed by atoms with Gasteiger partial charge in [0, 0.05) is 25.3 Å². The molecule has 6 rings (SSSR count). The molecular weight excluding hydrogens is 485 g/mol. The summed E-state index contributed by atoms with van der Waals surface area (Å²) in [5.74, 6) is 0.856. The van der Waals surface area contributed by atoms with Crippen LogP contribution in [0.3, 0.4) is 0 Å². The predicted molar refractivity (Wildman–Crippen MR) is 144 cm³/mol. The third kappa shape index (κ3) is 5.28. The molecule has 3 aliphatic heterocycles. The minimum absolute atomic E-state index is 0.0313.